The number of carbonyl (C=O) groups excluding carboxylic acids is 1. The Morgan fingerprint density at radius 1 is 1.08 bits per heavy atom. The molecule has 0 aromatic heterocycles. The molecule has 3 N–H and O–H groups in total. The molecule has 2 amide bonds. The summed E-state index contributed by atoms with van der Waals surface area (Å²) in [5.74, 6) is 1.37. The van der Waals surface area contributed by atoms with Gasteiger partial charge in [-0.25, -0.2) is 4.79 Å². The average Bonchev–Trinajstić information content (AvgIpc) is 2.66. The fourth-order valence-corrected chi connectivity index (χ4v) is 2.61. The summed E-state index contributed by atoms with van der Waals surface area (Å²) in [5, 5.41) is 15.8. The quantitative estimate of drug-likeness (QED) is 0.686. The van der Waals surface area contributed by atoms with Gasteiger partial charge < -0.3 is 30.0 Å². The Kier molecular flexibility index (Phi) is 6.94. The molecule has 0 aliphatic carbocycles. The number of benzene rings is 2. The molecule has 0 unspecified atom stereocenters. The van der Waals surface area contributed by atoms with E-state index in [1.165, 1.54) is 27.4 Å². The Hall–Kier alpha value is -2.64. The Labute approximate surface area is 156 Å². The van der Waals surface area contributed by atoms with E-state index < -0.39 is 12.1 Å². The molecule has 0 saturated carbocycles. The lowest BCUT2D eigenvalue weighted by molar-refractivity contribution is 0.171. The smallest absolute Gasteiger partial charge is 0.319 e. The van der Waals surface area contributed by atoms with Gasteiger partial charge in [0.2, 0.25) is 0 Å². The molecule has 0 bridgehead atoms. The summed E-state index contributed by atoms with van der Waals surface area (Å²) in [4.78, 5) is 12.1. The van der Waals surface area contributed by atoms with Gasteiger partial charge in [-0.15, -0.1) is 0 Å². The first-order valence-electron chi connectivity index (χ1n) is 7.77. The molecule has 140 valence electrons. The van der Waals surface area contributed by atoms with Crippen LogP contribution in [0, 0.1) is 0 Å². The van der Waals surface area contributed by atoms with Crippen molar-refractivity contribution in [2.75, 3.05) is 33.2 Å². The van der Waals surface area contributed by atoms with Gasteiger partial charge in [-0.05, 0) is 12.1 Å². The third-order valence-corrected chi connectivity index (χ3v) is 3.97. The third-order valence-electron chi connectivity index (χ3n) is 3.68. The minimum atomic E-state index is -0.918. The first kappa shape index (κ1) is 19.7. The number of hydrogen-bond donors (Lipinski definition) is 3. The van der Waals surface area contributed by atoms with Crippen molar-refractivity contribution in [2.45, 2.75) is 6.10 Å². The largest absolute Gasteiger partial charge is 0.496 e. The second-order valence-corrected chi connectivity index (χ2v) is 5.69. The molecule has 0 aliphatic heterocycles. The van der Waals surface area contributed by atoms with Crippen molar-refractivity contribution in [3.8, 4) is 17.2 Å². The zero-order valence-corrected chi connectivity index (χ0v) is 15.5. The van der Waals surface area contributed by atoms with Crippen LogP contribution >= 0.6 is 11.6 Å². The van der Waals surface area contributed by atoms with E-state index in [1.54, 1.807) is 30.3 Å². The van der Waals surface area contributed by atoms with Gasteiger partial charge in [-0.1, -0.05) is 29.8 Å². The summed E-state index contributed by atoms with van der Waals surface area (Å²) in [7, 11) is 4.47. The Balaban J connectivity index is 2.02. The van der Waals surface area contributed by atoms with E-state index in [4.69, 9.17) is 25.8 Å². The Morgan fingerprint density at radius 3 is 2.38 bits per heavy atom. The SMILES string of the molecule is COc1cc(OC)c(NC(=O)NC[C@H](O)c2ccccc2OC)cc1Cl. The summed E-state index contributed by atoms with van der Waals surface area (Å²) in [5.41, 5.74) is 0.961. The predicted octanol–water partition coefficient (Wildman–Crippen LogP) is 3.22. The summed E-state index contributed by atoms with van der Waals surface area (Å²) in [6.07, 6.45) is -0.918. The summed E-state index contributed by atoms with van der Waals surface area (Å²) < 4.78 is 15.5. The van der Waals surface area contributed by atoms with E-state index in [1.807, 2.05) is 0 Å². The predicted molar refractivity (Wildman–Crippen MR) is 99.5 cm³/mol. The van der Waals surface area contributed by atoms with Gasteiger partial charge in [0.25, 0.3) is 0 Å². The lowest BCUT2D eigenvalue weighted by Gasteiger charge is -2.17. The van der Waals surface area contributed by atoms with Crippen LogP contribution in [-0.4, -0.2) is 39.0 Å². The molecule has 2 rings (SSSR count). The van der Waals surface area contributed by atoms with Crippen LogP contribution in [0.2, 0.25) is 5.02 Å². The topological polar surface area (TPSA) is 89.1 Å². The molecule has 0 radical (unpaired) electrons. The number of rotatable bonds is 7. The van der Waals surface area contributed by atoms with Crippen LogP contribution in [0.4, 0.5) is 10.5 Å². The molecule has 8 heteroatoms. The molecule has 7 nitrogen and oxygen atoms in total. The molecule has 2 aromatic rings. The van der Waals surface area contributed by atoms with Crippen LogP contribution in [0.25, 0.3) is 0 Å². The van der Waals surface area contributed by atoms with Crippen LogP contribution < -0.4 is 24.8 Å². The van der Waals surface area contributed by atoms with Gasteiger partial charge >= 0.3 is 6.03 Å². The van der Waals surface area contributed by atoms with Gasteiger partial charge in [0.1, 0.15) is 17.2 Å². The van der Waals surface area contributed by atoms with Crippen molar-refractivity contribution in [1.82, 2.24) is 5.32 Å². The Bertz CT molecular complexity index is 769. The number of halogens is 1. The molecular weight excluding hydrogens is 360 g/mol. The highest BCUT2D eigenvalue weighted by Gasteiger charge is 2.16. The molecule has 0 fully saturated rings. The number of anilines is 1. The highest BCUT2D eigenvalue weighted by Crippen LogP contribution is 2.35. The van der Waals surface area contributed by atoms with Crippen molar-refractivity contribution < 1.29 is 24.1 Å². The summed E-state index contributed by atoms with van der Waals surface area (Å²) in [6, 6.07) is 9.63. The number of ether oxygens (including phenoxy) is 3. The van der Waals surface area contributed by atoms with Gasteiger partial charge in [0.05, 0.1) is 38.1 Å². The molecule has 0 heterocycles. The lowest BCUT2D eigenvalue weighted by atomic mass is 10.1. The first-order valence-corrected chi connectivity index (χ1v) is 8.15. The molecule has 0 spiro atoms. The van der Waals surface area contributed by atoms with Crippen LogP contribution in [0.1, 0.15) is 11.7 Å². The number of urea groups is 1. The van der Waals surface area contributed by atoms with Crippen LogP contribution in [0.15, 0.2) is 36.4 Å². The van der Waals surface area contributed by atoms with Crippen molar-refractivity contribution in [3.63, 3.8) is 0 Å². The monoisotopic (exact) mass is 380 g/mol. The number of amides is 2. The average molecular weight is 381 g/mol. The van der Waals surface area contributed by atoms with Crippen molar-refractivity contribution in [1.29, 1.82) is 0 Å². The van der Waals surface area contributed by atoms with Gasteiger partial charge in [-0.2, -0.15) is 0 Å². The summed E-state index contributed by atoms with van der Waals surface area (Å²) in [6.45, 7) is -0.00158. The standard InChI is InChI=1S/C18H21ClN2O5/c1-24-15-7-5-4-6-11(15)14(22)10-20-18(23)21-13-8-12(19)16(25-2)9-17(13)26-3/h4-9,14,22H,10H2,1-3H3,(H2,20,21,23)/t14-/m0/s1. The van der Waals surface area contributed by atoms with E-state index in [0.717, 1.165) is 0 Å². The van der Waals surface area contributed by atoms with E-state index in [2.05, 4.69) is 10.6 Å². The maximum absolute atomic E-state index is 12.1. The van der Waals surface area contributed by atoms with Crippen molar-refractivity contribution >= 4 is 23.3 Å². The number of aliphatic hydroxyl groups excluding tert-OH is 1. The first-order chi connectivity index (χ1) is 12.5. The fraction of sp³-hybridized carbons (Fsp3) is 0.278. The zero-order chi connectivity index (χ0) is 19.1. The van der Waals surface area contributed by atoms with Crippen LogP contribution in [-0.2, 0) is 0 Å². The number of carbonyl (C=O) groups is 1. The molecular formula is C18H21ClN2O5. The van der Waals surface area contributed by atoms with Crippen molar-refractivity contribution in [3.05, 3.63) is 47.0 Å². The second kappa shape index (κ2) is 9.17. The lowest BCUT2D eigenvalue weighted by Crippen LogP contribution is -2.32. The normalized spacial score (nSPS) is 11.4. The fourth-order valence-electron chi connectivity index (χ4n) is 2.37. The minimum Gasteiger partial charge on any atom is -0.496 e. The van der Waals surface area contributed by atoms with E-state index >= 15 is 0 Å². The minimum absolute atomic E-state index is 0.00158. The van der Waals surface area contributed by atoms with E-state index in [9.17, 15) is 9.90 Å². The van der Waals surface area contributed by atoms with Gasteiger partial charge in [-0.3, -0.25) is 0 Å². The molecule has 1 atom stereocenters. The maximum atomic E-state index is 12.1. The van der Waals surface area contributed by atoms with E-state index in [-0.39, 0.29) is 6.54 Å². The second-order valence-electron chi connectivity index (χ2n) is 5.28. The summed E-state index contributed by atoms with van der Waals surface area (Å²) >= 11 is 6.08. The number of nitrogens with one attached hydrogen (secondary N) is 2. The molecule has 26 heavy (non-hydrogen) atoms. The molecule has 0 aliphatic rings. The molecule has 0 saturated heterocycles. The maximum Gasteiger partial charge on any atom is 0.319 e. The van der Waals surface area contributed by atoms with Crippen LogP contribution in [0.3, 0.4) is 0 Å². The number of hydrogen-bond acceptors (Lipinski definition) is 5. The Morgan fingerprint density at radius 2 is 1.73 bits per heavy atom. The highest BCUT2D eigenvalue weighted by atomic mass is 35.5. The van der Waals surface area contributed by atoms with E-state index in [0.29, 0.717) is 33.5 Å². The number of methoxy groups -OCH3 is 3. The highest BCUT2D eigenvalue weighted by molar-refractivity contribution is 6.32. The van der Waals surface area contributed by atoms with Crippen LogP contribution in [0.5, 0.6) is 17.2 Å². The number of para-hydroxylation sites is 1. The molecule has 2 aromatic carbocycles. The van der Waals surface area contributed by atoms with Crippen molar-refractivity contribution in [2.24, 2.45) is 0 Å². The third kappa shape index (κ3) is 4.71. The zero-order valence-electron chi connectivity index (χ0n) is 14.7. The number of aliphatic hydroxyl groups is 1. The van der Waals surface area contributed by atoms with Gasteiger partial charge in [0, 0.05) is 18.2 Å². The van der Waals surface area contributed by atoms with Gasteiger partial charge in [0.15, 0.2) is 0 Å².